The molecular formula is C28H28N2O5. The van der Waals surface area contributed by atoms with Crippen LogP contribution in [0.2, 0.25) is 0 Å². The minimum absolute atomic E-state index is 0.0217. The molecular weight excluding hydrogens is 444 g/mol. The number of carbonyl (C=O) groups is 3. The minimum Gasteiger partial charge on any atom is -0.445 e. The van der Waals surface area contributed by atoms with Gasteiger partial charge in [0.1, 0.15) is 12.7 Å². The maximum Gasteiger partial charge on any atom is 0.417 e. The van der Waals surface area contributed by atoms with Crippen molar-refractivity contribution in [2.75, 3.05) is 6.54 Å². The number of rotatable bonds is 8. The Bertz CT molecular complexity index is 1140. The Labute approximate surface area is 204 Å². The van der Waals surface area contributed by atoms with E-state index in [0.29, 0.717) is 6.42 Å². The van der Waals surface area contributed by atoms with E-state index in [2.05, 4.69) is 5.32 Å². The zero-order valence-corrected chi connectivity index (χ0v) is 19.5. The number of imide groups is 1. The lowest BCUT2D eigenvalue weighted by atomic mass is 9.96. The molecule has 35 heavy (non-hydrogen) atoms. The first-order chi connectivity index (χ1) is 17.0. The fraction of sp³-hybridized carbons (Fsp3) is 0.250. The zero-order chi connectivity index (χ0) is 24.6. The number of cyclic esters (lactones) is 1. The molecule has 1 aliphatic rings. The van der Waals surface area contributed by atoms with E-state index in [4.69, 9.17) is 9.47 Å². The quantitative estimate of drug-likeness (QED) is 0.505. The van der Waals surface area contributed by atoms with Gasteiger partial charge in [-0.05, 0) is 30.0 Å². The topological polar surface area (TPSA) is 84.9 Å². The molecule has 3 aromatic carbocycles. The summed E-state index contributed by atoms with van der Waals surface area (Å²) in [5, 5.41) is 2.69. The van der Waals surface area contributed by atoms with Crippen LogP contribution in [-0.4, -0.2) is 35.6 Å². The van der Waals surface area contributed by atoms with Crippen molar-refractivity contribution in [2.45, 2.75) is 32.1 Å². The van der Waals surface area contributed by atoms with Crippen molar-refractivity contribution in [3.8, 4) is 0 Å². The molecule has 1 N–H and O–H groups in total. The third-order valence-electron chi connectivity index (χ3n) is 6.02. The molecule has 0 spiro atoms. The first-order valence-corrected chi connectivity index (χ1v) is 11.6. The SMILES string of the molecule is C[C@H]1[C@@H](c2ccccc2)OC(=O)N1C(=O)[C@H](CNC(=O)OCc1ccccc1)Cc1ccccc1. The van der Waals surface area contributed by atoms with Crippen LogP contribution in [0.15, 0.2) is 91.0 Å². The van der Waals surface area contributed by atoms with Crippen LogP contribution in [0.4, 0.5) is 9.59 Å². The molecule has 0 unspecified atom stereocenters. The summed E-state index contributed by atoms with van der Waals surface area (Å²) >= 11 is 0. The largest absolute Gasteiger partial charge is 0.445 e. The second-order valence-electron chi connectivity index (χ2n) is 8.49. The van der Waals surface area contributed by atoms with Crippen LogP contribution in [0.5, 0.6) is 0 Å². The molecule has 1 fully saturated rings. The Morgan fingerprint density at radius 1 is 0.914 bits per heavy atom. The van der Waals surface area contributed by atoms with Crippen LogP contribution in [0.1, 0.15) is 29.7 Å². The second kappa shape index (κ2) is 11.3. The van der Waals surface area contributed by atoms with E-state index in [0.717, 1.165) is 16.7 Å². The Morgan fingerprint density at radius 3 is 2.11 bits per heavy atom. The van der Waals surface area contributed by atoms with Crippen LogP contribution in [0.25, 0.3) is 0 Å². The summed E-state index contributed by atoms with van der Waals surface area (Å²) in [6, 6.07) is 27.7. The van der Waals surface area contributed by atoms with Crippen molar-refractivity contribution >= 4 is 18.1 Å². The molecule has 1 saturated heterocycles. The Morgan fingerprint density at radius 2 is 1.49 bits per heavy atom. The first kappa shape index (κ1) is 24.0. The predicted molar refractivity (Wildman–Crippen MR) is 130 cm³/mol. The van der Waals surface area contributed by atoms with E-state index in [9.17, 15) is 14.4 Å². The second-order valence-corrected chi connectivity index (χ2v) is 8.49. The lowest BCUT2D eigenvalue weighted by molar-refractivity contribution is -0.133. The van der Waals surface area contributed by atoms with E-state index in [-0.39, 0.29) is 13.2 Å². The summed E-state index contributed by atoms with van der Waals surface area (Å²) in [4.78, 5) is 39.8. The fourth-order valence-corrected chi connectivity index (χ4v) is 4.17. The number of nitrogens with zero attached hydrogens (tertiary/aromatic N) is 1. The maximum atomic E-state index is 13.6. The van der Waals surface area contributed by atoms with Gasteiger partial charge in [0.05, 0.1) is 12.0 Å². The number of nitrogens with one attached hydrogen (secondary N) is 1. The number of carbonyl (C=O) groups excluding carboxylic acids is 3. The average molecular weight is 473 g/mol. The molecule has 1 heterocycles. The number of hydrogen-bond donors (Lipinski definition) is 1. The molecule has 3 amide bonds. The third-order valence-corrected chi connectivity index (χ3v) is 6.02. The van der Waals surface area contributed by atoms with Crippen molar-refractivity contribution in [1.29, 1.82) is 0 Å². The summed E-state index contributed by atoms with van der Waals surface area (Å²) in [5.74, 6) is -1.07. The van der Waals surface area contributed by atoms with Crippen molar-refractivity contribution in [2.24, 2.45) is 5.92 Å². The molecule has 0 aliphatic carbocycles. The lowest BCUT2D eigenvalue weighted by Crippen LogP contribution is -2.46. The molecule has 0 aromatic heterocycles. The highest BCUT2D eigenvalue weighted by Crippen LogP contribution is 2.33. The van der Waals surface area contributed by atoms with Gasteiger partial charge < -0.3 is 14.8 Å². The van der Waals surface area contributed by atoms with Gasteiger partial charge in [-0.1, -0.05) is 91.0 Å². The van der Waals surface area contributed by atoms with Gasteiger partial charge in [-0.15, -0.1) is 0 Å². The number of alkyl carbamates (subject to hydrolysis) is 1. The number of hydrogen-bond acceptors (Lipinski definition) is 5. The first-order valence-electron chi connectivity index (χ1n) is 11.6. The van der Waals surface area contributed by atoms with Crippen molar-refractivity contribution in [3.63, 3.8) is 0 Å². The zero-order valence-electron chi connectivity index (χ0n) is 19.5. The summed E-state index contributed by atoms with van der Waals surface area (Å²) in [7, 11) is 0. The highest BCUT2D eigenvalue weighted by molar-refractivity contribution is 5.95. The standard InChI is InChI=1S/C28H28N2O5/c1-20-25(23-15-9-4-10-16-23)35-28(33)30(20)26(31)24(17-21-11-5-2-6-12-21)18-29-27(32)34-19-22-13-7-3-8-14-22/h2-16,20,24-25H,17-19H2,1H3,(H,29,32)/t20-,24-,25-/m0/s1. The van der Waals surface area contributed by atoms with Gasteiger partial charge in [-0.25, -0.2) is 14.5 Å². The van der Waals surface area contributed by atoms with Crippen molar-refractivity contribution in [1.82, 2.24) is 10.2 Å². The maximum absolute atomic E-state index is 13.6. The van der Waals surface area contributed by atoms with Crippen LogP contribution < -0.4 is 5.32 Å². The summed E-state index contributed by atoms with van der Waals surface area (Å²) in [6.45, 7) is 1.94. The van der Waals surface area contributed by atoms with Gasteiger partial charge in [-0.3, -0.25) is 4.79 Å². The highest BCUT2D eigenvalue weighted by atomic mass is 16.6. The Balaban J connectivity index is 1.45. The van der Waals surface area contributed by atoms with E-state index in [1.54, 1.807) is 6.92 Å². The van der Waals surface area contributed by atoms with Crippen LogP contribution in [0.3, 0.4) is 0 Å². The fourth-order valence-electron chi connectivity index (χ4n) is 4.17. The van der Waals surface area contributed by atoms with E-state index in [1.807, 2.05) is 91.0 Å². The monoisotopic (exact) mass is 472 g/mol. The molecule has 3 atom stereocenters. The van der Waals surface area contributed by atoms with E-state index < -0.39 is 36.2 Å². The average Bonchev–Trinajstić information content (AvgIpc) is 3.20. The predicted octanol–water partition coefficient (Wildman–Crippen LogP) is 4.88. The van der Waals surface area contributed by atoms with E-state index >= 15 is 0 Å². The Kier molecular flexibility index (Phi) is 7.77. The van der Waals surface area contributed by atoms with Gasteiger partial charge in [0.15, 0.2) is 0 Å². The molecule has 4 rings (SSSR count). The van der Waals surface area contributed by atoms with Gasteiger partial charge in [0.25, 0.3) is 0 Å². The molecule has 7 nitrogen and oxygen atoms in total. The molecule has 3 aromatic rings. The van der Waals surface area contributed by atoms with Gasteiger partial charge in [0.2, 0.25) is 5.91 Å². The van der Waals surface area contributed by atoms with Gasteiger partial charge in [0, 0.05) is 6.54 Å². The van der Waals surface area contributed by atoms with Crippen LogP contribution in [-0.2, 0) is 27.3 Å². The molecule has 1 aliphatic heterocycles. The van der Waals surface area contributed by atoms with E-state index in [1.165, 1.54) is 4.90 Å². The number of ether oxygens (including phenoxy) is 2. The summed E-state index contributed by atoms with van der Waals surface area (Å²) < 4.78 is 10.8. The lowest BCUT2D eigenvalue weighted by Gasteiger charge is -2.25. The van der Waals surface area contributed by atoms with Crippen LogP contribution >= 0.6 is 0 Å². The molecule has 0 radical (unpaired) electrons. The van der Waals surface area contributed by atoms with Crippen LogP contribution in [0, 0.1) is 5.92 Å². The molecule has 0 bridgehead atoms. The molecule has 180 valence electrons. The van der Waals surface area contributed by atoms with Gasteiger partial charge in [-0.2, -0.15) is 0 Å². The Hall–Kier alpha value is -4.13. The minimum atomic E-state index is -0.680. The third kappa shape index (κ3) is 6.06. The highest BCUT2D eigenvalue weighted by Gasteiger charge is 2.45. The number of amides is 3. The molecule has 7 heteroatoms. The molecule has 0 saturated carbocycles. The smallest absolute Gasteiger partial charge is 0.417 e. The van der Waals surface area contributed by atoms with Gasteiger partial charge >= 0.3 is 12.2 Å². The summed E-state index contributed by atoms with van der Waals surface area (Å²) in [5.41, 5.74) is 2.61. The van der Waals surface area contributed by atoms with Crippen molar-refractivity contribution in [3.05, 3.63) is 108 Å². The number of benzene rings is 3. The summed E-state index contributed by atoms with van der Waals surface area (Å²) in [6.07, 6.45) is -1.50. The van der Waals surface area contributed by atoms with Crippen molar-refractivity contribution < 1.29 is 23.9 Å². The normalized spacial score (nSPS) is 18.0.